The quantitative estimate of drug-likeness (QED) is 0.822. The molecule has 1 atom stereocenters. The molecule has 1 aromatic rings. The van der Waals surface area contributed by atoms with E-state index in [0.717, 1.165) is 0 Å². The average molecular weight is 303 g/mol. The summed E-state index contributed by atoms with van der Waals surface area (Å²) in [4.78, 5) is 6.90. The van der Waals surface area contributed by atoms with E-state index < -0.39 is 10.0 Å². The number of aromatic nitrogens is 2. The van der Waals surface area contributed by atoms with Gasteiger partial charge in [-0.1, -0.05) is 6.92 Å². The van der Waals surface area contributed by atoms with Crippen LogP contribution in [-0.4, -0.2) is 62.2 Å². The summed E-state index contributed by atoms with van der Waals surface area (Å²) in [5, 5.41) is 0.154. The van der Waals surface area contributed by atoms with Gasteiger partial charge >= 0.3 is 0 Å². The Hall–Kier alpha value is -0.960. The van der Waals surface area contributed by atoms with Crippen molar-refractivity contribution < 1.29 is 17.9 Å². The Labute approximate surface area is 119 Å². The van der Waals surface area contributed by atoms with Crippen LogP contribution in [0.15, 0.2) is 11.2 Å². The Balaban J connectivity index is 2.08. The van der Waals surface area contributed by atoms with Crippen LogP contribution in [0.3, 0.4) is 0 Å². The van der Waals surface area contributed by atoms with Gasteiger partial charge in [0.25, 0.3) is 10.0 Å². The summed E-state index contributed by atoms with van der Waals surface area (Å²) in [6.45, 7) is 3.61. The number of nitrogens with one attached hydrogen (secondary N) is 1. The topological polar surface area (TPSA) is 84.5 Å². The molecule has 0 aliphatic carbocycles. The molecule has 1 N–H and O–H groups in total. The molecule has 2 heterocycles. The van der Waals surface area contributed by atoms with Crippen LogP contribution in [0.5, 0.6) is 0 Å². The molecule has 114 valence electrons. The van der Waals surface area contributed by atoms with Crippen LogP contribution in [0.1, 0.15) is 19.2 Å². The van der Waals surface area contributed by atoms with Crippen molar-refractivity contribution in [2.45, 2.75) is 30.9 Å². The number of rotatable bonds is 6. The van der Waals surface area contributed by atoms with Crippen molar-refractivity contribution in [1.29, 1.82) is 0 Å². The molecule has 1 aromatic heterocycles. The van der Waals surface area contributed by atoms with E-state index in [9.17, 15) is 8.42 Å². The summed E-state index contributed by atoms with van der Waals surface area (Å²) in [7, 11) is -1.90. The van der Waals surface area contributed by atoms with E-state index >= 15 is 0 Å². The first-order valence-electron chi connectivity index (χ1n) is 6.72. The number of hydrogen-bond acceptors (Lipinski definition) is 5. The Morgan fingerprint density at radius 1 is 1.60 bits per heavy atom. The molecule has 0 unspecified atom stereocenters. The highest BCUT2D eigenvalue weighted by molar-refractivity contribution is 7.89. The summed E-state index contributed by atoms with van der Waals surface area (Å²) >= 11 is 0. The number of nitrogens with zero attached hydrogens (tertiary/aromatic N) is 2. The van der Waals surface area contributed by atoms with Crippen LogP contribution in [0, 0.1) is 0 Å². The molecule has 1 saturated heterocycles. The SMILES string of the molecule is CCc1ncc(S(=O)(=O)N2CCO[C@@H](CCOC)C2)[nH]1. The van der Waals surface area contributed by atoms with Gasteiger partial charge in [-0.2, -0.15) is 4.31 Å². The lowest BCUT2D eigenvalue weighted by atomic mass is 10.2. The summed E-state index contributed by atoms with van der Waals surface area (Å²) in [6, 6.07) is 0. The molecule has 20 heavy (non-hydrogen) atoms. The van der Waals surface area contributed by atoms with Gasteiger partial charge < -0.3 is 14.5 Å². The fourth-order valence-electron chi connectivity index (χ4n) is 2.13. The fraction of sp³-hybridized carbons (Fsp3) is 0.750. The van der Waals surface area contributed by atoms with Gasteiger partial charge in [0, 0.05) is 33.2 Å². The minimum atomic E-state index is -3.51. The molecule has 8 heteroatoms. The first-order valence-corrected chi connectivity index (χ1v) is 8.16. The lowest BCUT2D eigenvalue weighted by molar-refractivity contribution is -0.0168. The molecule has 7 nitrogen and oxygen atoms in total. The van der Waals surface area contributed by atoms with E-state index in [2.05, 4.69) is 9.97 Å². The molecule has 0 saturated carbocycles. The summed E-state index contributed by atoms with van der Waals surface area (Å²) < 4.78 is 37.0. The smallest absolute Gasteiger partial charge is 0.260 e. The zero-order valence-electron chi connectivity index (χ0n) is 11.8. The molecule has 0 spiro atoms. The number of sulfonamides is 1. The molecule has 0 bridgehead atoms. The Morgan fingerprint density at radius 3 is 3.05 bits per heavy atom. The fourth-order valence-corrected chi connectivity index (χ4v) is 3.52. The molecular formula is C12H21N3O4S. The minimum absolute atomic E-state index is 0.118. The lowest BCUT2D eigenvalue weighted by Gasteiger charge is -2.31. The van der Waals surface area contributed by atoms with Gasteiger partial charge in [-0.15, -0.1) is 0 Å². The maximum atomic E-state index is 12.5. The van der Waals surface area contributed by atoms with E-state index in [1.165, 1.54) is 10.5 Å². The zero-order chi connectivity index (χ0) is 14.6. The van der Waals surface area contributed by atoms with E-state index in [0.29, 0.717) is 45.0 Å². The van der Waals surface area contributed by atoms with Gasteiger partial charge in [0.05, 0.1) is 18.9 Å². The number of ether oxygens (including phenoxy) is 2. The van der Waals surface area contributed by atoms with Crippen molar-refractivity contribution in [1.82, 2.24) is 14.3 Å². The standard InChI is InChI=1S/C12H21N3O4S/c1-3-11-13-8-12(14-11)20(16,17)15-5-7-19-10(9-15)4-6-18-2/h8,10H,3-7,9H2,1-2H3,(H,13,14)/t10-/m0/s1. The molecule has 1 aliphatic rings. The van der Waals surface area contributed by atoms with Gasteiger partial charge in [-0.25, -0.2) is 13.4 Å². The predicted octanol–water partition coefficient (Wildman–Crippen LogP) is 0.398. The van der Waals surface area contributed by atoms with Crippen LogP contribution in [0.2, 0.25) is 0 Å². The first kappa shape index (κ1) is 15.4. The maximum Gasteiger partial charge on any atom is 0.260 e. The normalized spacial score (nSPS) is 21.2. The summed E-state index contributed by atoms with van der Waals surface area (Å²) in [5.74, 6) is 0.674. The van der Waals surface area contributed by atoms with E-state index in [-0.39, 0.29) is 11.1 Å². The van der Waals surface area contributed by atoms with Crippen molar-refractivity contribution >= 4 is 10.0 Å². The summed E-state index contributed by atoms with van der Waals surface area (Å²) in [6.07, 6.45) is 2.63. The van der Waals surface area contributed by atoms with Crippen molar-refractivity contribution in [2.24, 2.45) is 0 Å². The molecule has 0 aromatic carbocycles. The van der Waals surface area contributed by atoms with Gasteiger partial charge in [-0.3, -0.25) is 0 Å². The molecular weight excluding hydrogens is 282 g/mol. The first-order chi connectivity index (χ1) is 9.57. The van der Waals surface area contributed by atoms with Gasteiger partial charge in [0.1, 0.15) is 5.82 Å². The average Bonchev–Trinajstić information content (AvgIpc) is 2.95. The second-order valence-electron chi connectivity index (χ2n) is 4.69. The third-order valence-corrected chi connectivity index (χ3v) is 5.08. The second kappa shape index (κ2) is 6.66. The number of aromatic amines is 1. The molecule has 1 aliphatic heterocycles. The predicted molar refractivity (Wildman–Crippen MR) is 73.0 cm³/mol. The minimum Gasteiger partial charge on any atom is -0.385 e. The maximum absolute atomic E-state index is 12.5. The second-order valence-corrected chi connectivity index (χ2v) is 6.59. The number of morpholine rings is 1. The van der Waals surface area contributed by atoms with E-state index in [1.54, 1.807) is 7.11 Å². The van der Waals surface area contributed by atoms with Gasteiger partial charge in [0.15, 0.2) is 5.03 Å². The molecule has 0 amide bonds. The van der Waals surface area contributed by atoms with Crippen LogP contribution in [-0.2, 0) is 25.9 Å². The third-order valence-electron chi connectivity index (χ3n) is 3.30. The highest BCUT2D eigenvalue weighted by atomic mass is 32.2. The monoisotopic (exact) mass is 303 g/mol. The van der Waals surface area contributed by atoms with Crippen LogP contribution < -0.4 is 0 Å². The number of hydrogen-bond donors (Lipinski definition) is 1. The van der Waals surface area contributed by atoms with Crippen molar-refractivity contribution in [2.75, 3.05) is 33.4 Å². The summed E-state index contributed by atoms with van der Waals surface area (Å²) in [5.41, 5.74) is 0. The number of H-pyrrole nitrogens is 1. The lowest BCUT2D eigenvalue weighted by Crippen LogP contribution is -2.45. The number of imidazole rings is 1. The molecule has 0 radical (unpaired) electrons. The van der Waals surface area contributed by atoms with Gasteiger partial charge in [0.2, 0.25) is 0 Å². The largest absolute Gasteiger partial charge is 0.385 e. The van der Waals surface area contributed by atoms with Crippen molar-refractivity contribution in [3.05, 3.63) is 12.0 Å². The van der Waals surface area contributed by atoms with E-state index in [4.69, 9.17) is 9.47 Å². The highest BCUT2D eigenvalue weighted by Gasteiger charge is 2.31. The Kier molecular flexibility index (Phi) is 5.14. The van der Waals surface area contributed by atoms with E-state index in [1.807, 2.05) is 6.92 Å². The third kappa shape index (κ3) is 3.38. The Bertz CT molecular complexity index is 529. The number of methoxy groups -OCH3 is 1. The Morgan fingerprint density at radius 2 is 2.40 bits per heavy atom. The highest BCUT2D eigenvalue weighted by Crippen LogP contribution is 2.18. The van der Waals surface area contributed by atoms with Crippen molar-refractivity contribution in [3.63, 3.8) is 0 Å². The van der Waals surface area contributed by atoms with Crippen molar-refractivity contribution in [3.8, 4) is 0 Å². The van der Waals surface area contributed by atoms with Crippen LogP contribution in [0.25, 0.3) is 0 Å². The number of aryl methyl sites for hydroxylation is 1. The van der Waals surface area contributed by atoms with Gasteiger partial charge in [-0.05, 0) is 6.42 Å². The molecule has 2 rings (SSSR count). The molecule has 1 fully saturated rings. The zero-order valence-corrected chi connectivity index (χ0v) is 12.6. The van der Waals surface area contributed by atoms with Crippen LogP contribution >= 0.6 is 0 Å². The van der Waals surface area contributed by atoms with Crippen LogP contribution in [0.4, 0.5) is 0 Å².